The smallest absolute Gasteiger partial charge is 0.225 e. The molecule has 0 fully saturated rings. The van der Waals surface area contributed by atoms with E-state index >= 15 is 0 Å². The van der Waals surface area contributed by atoms with Crippen LogP contribution in [0.1, 0.15) is 17.7 Å². The third-order valence-electron chi connectivity index (χ3n) is 4.43. The molecule has 0 saturated carbocycles. The van der Waals surface area contributed by atoms with E-state index in [0.717, 1.165) is 32.6 Å². The predicted molar refractivity (Wildman–Crippen MR) is 111 cm³/mol. The monoisotopic (exact) mass is 427 g/mol. The fourth-order valence-corrected chi connectivity index (χ4v) is 3.38. The summed E-state index contributed by atoms with van der Waals surface area (Å²) in [6, 6.07) is 15.7. The number of nitrogens with one attached hydrogen (secondary N) is 1. The summed E-state index contributed by atoms with van der Waals surface area (Å²) in [6.07, 6.45) is 0.977. The molecule has 0 saturated heterocycles. The second kappa shape index (κ2) is 8.39. The Balaban J connectivity index is 1.77. The van der Waals surface area contributed by atoms with Crippen molar-refractivity contribution in [2.75, 3.05) is 12.4 Å². The van der Waals surface area contributed by atoms with Crippen molar-refractivity contribution in [1.29, 1.82) is 0 Å². The zero-order chi connectivity index (χ0) is 19.4. The van der Waals surface area contributed by atoms with Gasteiger partial charge in [-0.1, -0.05) is 46.3 Å². The van der Waals surface area contributed by atoms with Crippen LogP contribution in [0.2, 0.25) is 0 Å². The van der Waals surface area contributed by atoms with Gasteiger partial charge in [0.05, 0.1) is 12.8 Å². The lowest BCUT2D eigenvalue weighted by Crippen LogP contribution is -2.15. The fourth-order valence-electron chi connectivity index (χ4n) is 3.12. The molecule has 0 unspecified atom stereocenters. The van der Waals surface area contributed by atoms with Crippen molar-refractivity contribution in [2.24, 2.45) is 7.05 Å². The Hall–Kier alpha value is -2.60. The van der Waals surface area contributed by atoms with Gasteiger partial charge >= 0.3 is 0 Å². The largest absolute Gasteiger partial charge is 0.496 e. The molecule has 3 rings (SSSR count). The number of ether oxygens (including phenoxy) is 1. The van der Waals surface area contributed by atoms with E-state index in [-0.39, 0.29) is 5.91 Å². The lowest BCUT2D eigenvalue weighted by molar-refractivity contribution is -0.116. The SMILES string of the molecule is COc1ccccc1CCC(=O)Nc1c(-c2ccc(Br)cc2)c(C)nn1C. The van der Waals surface area contributed by atoms with E-state index < -0.39 is 0 Å². The third-order valence-corrected chi connectivity index (χ3v) is 4.96. The number of para-hydroxylation sites is 1. The van der Waals surface area contributed by atoms with Gasteiger partial charge in [0, 0.05) is 23.5 Å². The summed E-state index contributed by atoms with van der Waals surface area (Å²) in [5.74, 6) is 1.46. The van der Waals surface area contributed by atoms with E-state index in [9.17, 15) is 4.79 Å². The van der Waals surface area contributed by atoms with Crippen LogP contribution in [-0.2, 0) is 18.3 Å². The van der Waals surface area contributed by atoms with Crippen LogP contribution >= 0.6 is 15.9 Å². The number of nitrogens with zero attached hydrogens (tertiary/aromatic N) is 2. The van der Waals surface area contributed by atoms with Gasteiger partial charge in [0.25, 0.3) is 0 Å². The molecule has 0 aliphatic rings. The molecular weight excluding hydrogens is 406 g/mol. The Kier molecular flexibility index (Phi) is 5.96. The minimum atomic E-state index is -0.0535. The standard InChI is InChI=1S/C21H22BrN3O2/c1-14-20(16-8-11-17(22)12-9-16)21(25(2)24-14)23-19(26)13-10-15-6-4-5-7-18(15)27-3/h4-9,11-12H,10,13H2,1-3H3,(H,23,26). The molecule has 0 aliphatic heterocycles. The van der Waals surface area contributed by atoms with Gasteiger partial charge in [-0.3, -0.25) is 9.48 Å². The molecule has 1 amide bonds. The summed E-state index contributed by atoms with van der Waals surface area (Å²) in [7, 11) is 3.48. The minimum absolute atomic E-state index is 0.0535. The molecule has 3 aromatic rings. The Labute approximate surface area is 167 Å². The van der Waals surface area contributed by atoms with Crippen molar-refractivity contribution in [3.8, 4) is 16.9 Å². The molecule has 0 spiro atoms. The summed E-state index contributed by atoms with van der Waals surface area (Å²) < 4.78 is 8.08. The average molecular weight is 428 g/mol. The number of rotatable bonds is 6. The minimum Gasteiger partial charge on any atom is -0.496 e. The van der Waals surface area contributed by atoms with Gasteiger partial charge in [0.1, 0.15) is 11.6 Å². The summed E-state index contributed by atoms with van der Waals surface area (Å²) >= 11 is 3.45. The average Bonchev–Trinajstić information content (AvgIpc) is 2.94. The van der Waals surface area contributed by atoms with Gasteiger partial charge in [-0.2, -0.15) is 5.10 Å². The van der Waals surface area contributed by atoms with E-state index in [0.29, 0.717) is 18.7 Å². The molecule has 27 heavy (non-hydrogen) atoms. The first-order valence-electron chi connectivity index (χ1n) is 8.71. The summed E-state index contributed by atoms with van der Waals surface area (Å²) in [6.45, 7) is 1.95. The van der Waals surface area contributed by atoms with Crippen molar-refractivity contribution in [3.05, 3.63) is 64.3 Å². The van der Waals surface area contributed by atoms with Crippen LogP contribution < -0.4 is 10.1 Å². The topological polar surface area (TPSA) is 56.1 Å². The highest BCUT2D eigenvalue weighted by Crippen LogP contribution is 2.32. The lowest BCUT2D eigenvalue weighted by atomic mass is 10.1. The summed E-state index contributed by atoms with van der Waals surface area (Å²) in [4.78, 5) is 12.6. The first-order chi connectivity index (χ1) is 13.0. The van der Waals surface area contributed by atoms with E-state index in [1.165, 1.54) is 0 Å². The maximum Gasteiger partial charge on any atom is 0.225 e. The Morgan fingerprint density at radius 3 is 2.59 bits per heavy atom. The maximum absolute atomic E-state index is 12.6. The lowest BCUT2D eigenvalue weighted by Gasteiger charge is -2.11. The Bertz CT molecular complexity index is 949. The molecule has 0 radical (unpaired) electrons. The second-order valence-electron chi connectivity index (χ2n) is 6.30. The number of amides is 1. The predicted octanol–water partition coefficient (Wildman–Crippen LogP) is 4.74. The molecule has 0 aliphatic carbocycles. The second-order valence-corrected chi connectivity index (χ2v) is 7.22. The molecule has 1 N–H and O–H groups in total. The number of aromatic nitrogens is 2. The molecule has 5 nitrogen and oxygen atoms in total. The van der Waals surface area contributed by atoms with Crippen molar-refractivity contribution in [1.82, 2.24) is 9.78 Å². The molecule has 1 aromatic heterocycles. The first kappa shape index (κ1) is 19.2. The molecule has 0 atom stereocenters. The Morgan fingerprint density at radius 2 is 1.89 bits per heavy atom. The number of benzene rings is 2. The molecule has 1 heterocycles. The number of anilines is 1. The van der Waals surface area contributed by atoms with Crippen LogP contribution in [0.3, 0.4) is 0 Å². The van der Waals surface area contributed by atoms with Crippen molar-refractivity contribution in [3.63, 3.8) is 0 Å². The van der Waals surface area contributed by atoms with Crippen LogP contribution in [-0.4, -0.2) is 22.8 Å². The highest BCUT2D eigenvalue weighted by atomic mass is 79.9. The summed E-state index contributed by atoms with van der Waals surface area (Å²) in [5.41, 5.74) is 3.85. The van der Waals surface area contributed by atoms with Crippen molar-refractivity contribution < 1.29 is 9.53 Å². The van der Waals surface area contributed by atoms with E-state index in [4.69, 9.17) is 4.74 Å². The van der Waals surface area contributed by atoms with Gasteiger partial charge in [-0.05, 0) is 42.7 Å². The number of hydrogen-bond donors (Lipinski definition) is 1. The maximum atomic E-state index is 12.6. The number of hydrogen-bond acceptors (Lipinski definition) is 3. The quantitative estimate of drug-likeness (QED) is 0.617. The molecule has 6 heteroatoms. The highest BCUT2D eigenvalue weighted by Gasteiger charge is 2.17. The number of carbonyl (C=O) groups excluding carboxylic acids is 1. The zero-order valence-corrected chi connectivity index (χ0v) is 17.2. The van der Waals surface area contributed by atoms with Crippen LogP contribution in [0.5, 0.6) is 5.75 Å². The zero-order valence-electron chi connectivity index (χ0n) is 15.6. The number of halogens is 1. The van der Waals surface area contributed by atoms with Gasteiger partial charge < -0.3 is 10.1 Å². The van der Waals surface area contributed by atoms with E-state index in [2.05, 4.69) is 26.3 Å². The van der Waals surface area contributed by atoms with Gasteiger partial charge in [-0.15, -0.1) is 0 Å². The van der Waals surface area contributed by atoms with Crippen LogP contribution in [0.4, 0.5) is 5.82 Å². The van der Waals surface area contributed by atoms with Crippen molar-refractivity contribution in [2.45, 2.75) is 19.8 Å². The summed E-state index contributed by atoms with van der Waals surface area (Å²) in [5, 5.41) is 7.51. The van der Waals surface area contributed by atoms with Gasteiger partial charge in [0.15, 0.2) is 0 Å². The molecular formula is C21H22BrN3O2. The molecule has 140 valence electrons. The number of aryl methyl sites for hydroxylation is 3. The first-order valence-corrected chi connectivity index (χ1v) is 9.50. The van der Waals surface area contributed by atoms with Crippen LogP contribution in [0.25, 0.3) is 11.1 Å². The van der Waals surface area contributed by atoms with Gasteiger partial charge in [-0.25, -0.2) is 0 Å². The molecule has 2 aromatic carbocycles. The van der Waals surface area contributed by atoms with Crippen LogP contribution in [0, 0.1) is 6.92 Å². The van der Waals surface area contributed by atoms with E-state index in [1.807, 2.05) is 62.5 Å². The highest BCUT2D eigenvalue weighted by molar-refractivity contribution is 9.10. The van der Waals surface area contributed by atoms with Gasteiger partial charge in [0.2, 0.25) is 5.91 Å². The van der Waals surface area contributed by atoms with Crippen molar-refractivity contribution >= 4 is 27.7 Å². The Morgan fingerprint density at radius 1 is 1.19 bits per heavy atom. The number of carbonyl (C=O) groups is 1. The molecule has 0 bridgehead atoms. The number of methoxy groups -OCH3 is 1. The third kappa shape index (κ3) is 4.39. The fraction of sp³-hybridized carbons (Fsp3) is 0.238. The normalized spacial score (nSPS) is 10.7. The van der Waals surface area contributed by atoms with E-state index in [1.54, 1.807) is 11.8 Å². The van der Waals surface area contributed by atoms with Crippen LogP contribution in [0.15, 0.2) is 53.0 Å².